The van der Waals surface area contributed by atoms with E-state index in [2.05, 4.69) is 23.8 Å². The van der Waals surface area contributed by atoms with E-state index in [1.807, 2.05) is 12.1 Å². The van der Waals surface area contributed by atoms with Crippen LogP contribution < -0.4 is 10.6 Å². The smallest absolute Gasteiger partial charge is 0.331 e. The van der Waals surface area contributed by atoms with E-state index in [9.17, 15) is 19.2 Å². The summed E-state index contributed by atoms with van der Waals surface area (Å²) < 4.78 is 9.76. The van der Waals surface area contributed by atoms with Gasteiger partial charge in [-0.25, -0.2) is 9.59 Å². The van der Waals surface area contributed by atoms with E-state index < -0.39 is 11.1 Å². The minimum absolute atomic E-state index is 0.247. The van der Waals surface area contributed by atoms with Gasteiger partial charge in [-0.2, -0.15) is 0 Å². The fourth-order valence-corrected chi connectivity index (χ4v) is 4.97. The maximum absolute atomic E-state index is 12.3. The number of ether oxygens (including phenoxy) is 2. The van der Waals surface area contributed by atoms with Crippen molar-refractivity contribution in [3.63, 3.8) is 0 Å². The molecular formula is C32H38N2O6. The number of methoxy groups -OCH3 is 2. The van der Waals surface area contributed by atoms with Crippen molar-refractivity contribution in [3.05, 3.63) is 96.1 Å². The van der Waals surface area contributed by atoms with Crippen molar-refractivity contribution < 1.29 is 28.7 Å². The van der Waals surface area contributed by atoms with Gasteiger partial charge in [-0.15, -0.1) is 0 Å². The Balaban J connectivity index is 0.000000220. The highest BCUT2D eigenvalue weighted by Crippen LogP contribution is 2.33. The monoisotopic (exact) mass is 546 g/mol. The molecule has 0 saturated heterocycles. The standard InChI is InChI=1S/2C16H19NO3/c2*1-12-8-10-16(11-9-12,15(19)20-2)17-14(18)13-6-4-3-5-7-13/h2*3-7H,1,8-11H2,2H3,(H,17,18). The first-order valence-electron chi connectivity index (χ1n) is 13.4. The van der Waals surface area contributed by atoms with Crippen LogP contribution in [0.1, 0.15) is 72.1 Å². The zero-order chi connectivity index (χ0) is 29.2. The Morgan fingerprint density at radius 3 is 1.18 bits per heavy atom. The maximum Gasteiger partial charge on any atom is 0.331 e. The van der Waals surface area contributed by atoms with Crippen LogP contribution in [-0.4, -0.2) is 49.1 Å². The molecule has 2 aromatic carbocycles. The summed E-state index contributed by atoms with van der Waals surface area (Å²) in [6.07, 6.45) is 5.06. The third-order valence-corrected chi connectivity index (χ3v) is 7.55. The van der Waals surface area contributed by atoms with Gasteiger partial charge in [0.1, 0.15) is 11.1 Å². The van der Waals surface area contributed by atoms with Gasteiger partial charge in [-0.1, -0.05) is 60.7 Å². The molecule has 0 unspecified atom stereocenters. The van der Waals surface area contributed by atoms with Crippen molar-refractivity contribution in [1.82, 2.24) is 10.6 Å². The Labute approximate surface area is 235 Å². The lowest BCUT2D eigenvalue weighted by Gasteiger charge is -2.36. The van der Waals surface area contributed by atoms with E-state index in [4.69, 9.17) is 9.47 Å². The van der Waals surface area contributed by atoms with Crippen molar-refractivity contribution in [1.29, 1.82) is 0 Å². The summed E-state index contributed by atoms with van der Waals surface area (Å²) in [5.41, 5.74) is 1.45. The maximum atomic E-state index is 12.3. The molecule has 2 aliphatic rings. The largest absolute Gasteiger partial charge is 0.467 e. The molecule has 0 heterocycles. The lowest BCUT2D eigenvalue weighted by Crippen LogP contribution is -2.56. The molecule has 2 aromatic rings. The van der Waals surface area contributed by atoms with Gasteiger partial charge in [0, 0.05) is 11.1 Å². The van der Waals surface area contributed by atoms with E-state index in [1.54, 1.807) is 48.5 Å². The number of esters is 2. The molecule has 0 radical (unpaired) electrons. The summed E-state index contributed by atoms with van der Waals surface area (Å²) in [7, 11) is 2.70. The topological polar surface area (TPSA) is 111 Å². The van der Waals surface area contributed by atoms with Gasteiger partial charge in [-0.3, -0.25) is 9.59 Å². The van der Waals surface area contributed by atoms with Crippen LogP contribution in [0, 0.1) is 0 Å². The molecule has 0 atom stereocenters. The highest BCUT2D eigenvalue weighted by molar-refractivity contribution is 5.99. The van der Waals surface area contributed by atoms with Crippen LogP contribution in [0.3, 0.4) is 0 Å². The SMILES string of the molecule is C=C1CCC(NC(=O)c2ccccc2)(C(=O)OC)CC1.C=C1CCC(NC(=O)c2ccccc2)(C(=O)OC)CC1. The Bertz CT molecular complexity index is 1120. The summed E-state index contributed by atoms with van der Waals surface area (Å²) in [4.78, 5) is 48.7. The number of hydrogen-bond donors (Lipinski definition) is 2. The number of nitrogens with one attached hydrogen (secondary N) is 2. The second kappa shape index (κ2) is 13.7. The number of carbonyl (C=O) groups excluding carboxylic acids is 4. The van der Waals surface area contributed by atoms with Crippen LogP contribution >= 0.6 is 0 Å². The van der Waals surface area contributed by atoms with Crippen molar-refractivity contribution >= 4 is 23.8 Å². The second-order valence-corrected chi connectivity index (χ2v) is 10.3. The molecule has 0 aliphatic heterocycles. The fourth-order valence-electron chi connectivity index (χ4n) is 4.97. The van der Waals surface area contributed by atoms with E-state index in [0.29, 0.717) is 36.8 Å². The van der Waals surface area contributed by atoms with E-state index in [1.165, 1.54) is 14.2 Å². The van der Waals surface area contributed by atoms with Crippen LogP contribution in [0.25, 0.3) is 0 Å². The third kappa shape index (κ3) is 7.46. The fraction of sp³-hybridized carbons (Fsp3) is 0.375. The Morgan fingerprint density at radius 1 is 0.600 bits per heavy atom. The second-order valence-electron chi connectivity index (χ2n) is 10.3. The molecule has 0 spiro atoms. The molecule has 2 saturated carbocycles. The van der Waals surface area contributed by atoms with Crippen molar-refractivity contribution in [3.8, 4) is 0 Å². The molecule has 4 rings (SSSR count). The minimum atomic E-state index is -0.928. The zero-order valence-corrected chi connectivity index (χ0v) is 23.3. The average molecular weight is 547 g/mol. The first-order chi connectivity index (χ1) is 19.1. The molecule has 8 heteroatoms. The van der Waals surface area contributed by atoms with Crippen molar-refractivity contribution in [2.24, 2.45) is 0 Å². The number of hydrogen-bond acceptors (Lipinski definition) is 6. The first kappa shape index (κ1) is 30.3. The first-order valence-corrected chi connectivity index (χ1v) is 13.4. The summed E-state index contributed by atoms with van der Waals surface area (Å²) in [6.45, 7) is 7.87. The van der Waals surface area contributed by atoms with E-state index >= 15 is 0 Å². The van der Waals surface area contributed by atoms with E-state index in [0.717, 1.165) is 36.8 Å². The normalized spacial score (nSPS) is 17.4. The third-order valence-electron chi connectivity index (χ3n) is 7.55. The van der Waals surface area contributed by atoms with E-state index in [-0.39, 0.29) is 23.8 Å². The lowest BCUT2D eigenvalue weighted by molar-refractivity contribution is -0.150. The van der Waals surface area contributed by atoms with Gasteiger partial charge in [0.15, 0.2) is 0 Å². The molecule has 212 valence electrons. The highest BCUT2D eigenvalue weighted by Gasteiger charge is 2.44. The number of allylic oxidation sites excluding steroid dienone is 2. The minimum Gasteiger partial charge on any atom is -0.467 e. The predicted molar refractivity (Wildman–Crippen MR) is 153 cm³/mol. The van der Waals surface area contributed by atoms with Gasteiger partial charge in [0.25, 0.3) is 11.8 Å². The molecule has 0 aromatic heterocycles. The highest BCUT2D eigenvalue weighted by atomic mass is 16.5. The number of rotatable bonds is 6. The predicted octanol–water partition coefficient (Wildman–Crippen LogP) is 4.92. The van der Waals surface area contributed by atoms with Gasteiger partial charge in [0.05, 0.1) is 14.2 Å². The van der Waals surface area contributed by atoms with Crippen molar-refractivity contribution in [2.75, 3.05) is 14.2 Å². The van der Waals surface area contributed by atoms with Crippen LogP contribution in [-0.2, 0) is 19.1 Å². The Kier molecular flexibility index (Phi) is 10.4. The molecule has 2 amide bonds. The molecule has 2 fully saturated rings. The zero-order valence-electron chi connectivity index (χ0n) is 23.3. The quantitative estimate of drug-likeness (QED) is 0.393. The van der Waals surface area contributed by atoms with Crippen LogP contribution in [0.2, 0.25) is 0 Å². The van der Waals surface area contributed by atoms with Crippen LogP contribution in [0.5, 0.6) is 0 Å². The Hall–Kier alpha value is -4.20. The average Bonchev–Trinajstić information content (AvgIpc) is 3.00. The van der Waals surface area contributed by atoms with Crippen LogP contribution in [0.4, 0.5) is 0 Å². The molecule has 2 N–H and O–H groups in total. The summed E-state index contributed by atoms with van der Waals surface area (Å²) in [5.74, 6) is -1.25. The number of carbonyl (C=O) groups is 4. The molecule has 40 heavy (non-hydrogen) atoms. The Morgan fingerprint density at radius 2 is 0.900 bits per heavy atom. The summed E-state index contributed by atoms with van der Waals surface area (Å²) in [6, 6.07) is 17.8. The van der Waals surface area contributed by atoms with Gasteiger partial charge >= 0.3 is 11.9 Å². The van der Waals surface area contributed by atoms with Gasteiger partial charge < -0.3 is 20.1 Å². The molecule has 8 nitrogen and oxygen atoms in total. The van der Waals surface area contributed by atoms with Gasteiger partial charge in [-0.05, 0) is 75.6 Å². The van der Waals surface area contributed by atoms with Crippen molar-refractivity contribution in [2.45, 2.75) is 62.4 Å². The van der Waals surface area contributed by atoms with Crippen LogP contribution in [0.15, 0.2) is 85.0 Å². The summed E-state index contributed by atoms with van der Waals surface area (Å²) in [5, 5.41) is 5.73. The molecule has 0 bridgehead atoms. The molecule has 2 aliphatic carbocycles. The summed E-state index contributed by atoms with van der Waals surface area (Å²) >= 11 is 0. The number of amides is 2. The van der Waals surface area contributed by atoms with Gasteiger partial charge in [0.2, 0.25) is 0 Å². The lowest BCUT2D eigenvalue weighted by atomic mass is 9.79. The molecular weight excluding hydrogens is 508 g/mol. The number of benzene rings is 2.